The molecule has 1 aliphatic heterocycles. The van der Waals surface area contributed by atoms with Crippen molar-refractivity contribution in [2.75, 3.05) is 13.7 Å². The zero-order valence-electron chi connectivity index (χ0n) is 11.6. The number of benzene rings is 1. The first-order valence-electron chi connectivity index (χ1n) is 6.31. The molecule has 0 aromatic heterocycles. The van der Waals surface area contributed by atoms with Gasteiger partial charge in [0.1, 0.15) is 6.04 Å². The maximum atomic E-state index is 12.7. The summed E-state index contributed by atoms with van der Waals surface area (Å²) in [5, 5.41) is 9.25. The topological polar surface area (TPSA) is 83.9 Å². The number of methoxy groups -OCH3 is 1. The minimum atomic E-state index is -3.90. The van der Waals surface area contributed by atoms with Crippen LogP contribution in [0, 0.1) is 6.92 Å². The first kappa shape index (κ1) is 16.4. The summed E-state index contributed by atoms with van der Waals surface area (Å²) < 4.78 is 32.0. The quantitative estimate of drug-likeness (QED) is 0.861. The van der Waals surface area contributed by atoms with Crippen LogP contribution < -0.4 is 0 Å². The Bertz CT molecular complexity index is 661. The fourth-order valence-corrected chi connectivity index (χ4v) is 5.15. The predicted molar refractivity (Wildman–Crippen MR) is 79.6 cm³/mol. The van der Waals surface area contributed by atoms with Crippen molar-refractivity contribution in [1.82, 2.24) is 4.31 Å². The Hall–Kier alpha value is -0.960. The Balaban J connectivity index is 2.44. The third-order valence-corrected chi connectivity index (χ3v) is 6.36. The Morgan fingerprint density at radius 3 is 2.67 bits per heavy atom. The molecule has 0 amide bonds. The lowest BCUT2D eigenvalue weighted by molar-refractivity contribution is -0.140. The molecule has 1 N–H and O–H groups in total. The third-order valence-electron chi connectivity index (χ3n) is 3.51. The van der Waals surface area contributed by atoms with Crippen LogP contribution in [0.25, 0.3) is 0 Å². The van der Waals surface area contributed by atoms with Crippen LogP contribution in [-0.4, -0.2) is 49.6 Å². The second-order valence-electron chi connectivity index (χ2n) is 4.96. The number of aryl methyl sites for hydroxylation is 1. The molecule has 2 rings (SSSR count). The van der Waals surface area contributed by atoms with E-state index in [2.05, 4.69) is 15.9 Å². The smallest absolute Gasteiger partial charge is 0.322 e. The highest BCUT2D eigenvalue weighted by atomic mass is 79.9. The largest absolute Gasteiger partial charge is 0.480 e. The number of sulfonamides is 1. The van der Waals surface area contributed by atoms with Gasteiger partial charge in [-0.05, 0) is 40.5 Å². The molecule has 0 radical (unpaired) electrons. The third kappa shape index (κ3) is 3.13. The van der Waals surface area contributed by atoms with Crippen molar-refractivity contribution in [2.45, 2.75) is 30.4 Å². The van der Waals surface area contributed by atoms with Gasteiger partial charge in [0.2, 0.25) is 10.0 Å². The molecule has 0 spiro atoms. The highest BCUT2D eigenvalue weighted by Gasteiger charge is 2.44. The van der Waals surface area contributed by atoms with E-state index < -0.39 is 28.1 Å². The van der Waals surface area contributed by atoms with Crippen LogP contribution >= 0.6 is 15.9 Å². The van der Waals surface area contributed by atoms with Crippen molar-refractivity contribution in [3.8, 4) is 0 Å². The normalized spacial score (nSPS) is 23.4. The first-order valence-corrected chi connectivity index (χ1v) is 8.54. The average molecular weight is 378 g/mol. The number of hydrogen-bond acceptors (Lipinski definition) is 4. The van der Waals surface area contributed by atoms with Gasteiger partial charge in [0, 0.05) is 24.5 Å². The summed E-state index contributed by atoms with van der Waals surface area (Å²) >= 11 is 3.23. The van der Waals surface area contributed by atoms with Gasteiger partial charge in [0.25, 0.3) is 0 Å². The van der Waals surface area contributed by atoms with Crippen LogP contribution in [-0.2, 0) is 19.6 Å². The summed E-state index contributed by atoms with van der Waals surface area (Å²) in [6, 6.07) is 3.74. The molecule has 1 saturated heterocycles. The Morgan fingerprint density at radius 1 is 1.48 bits per heavy atom. The summed E-state index contributed by atoms with van der Waals surface area (Å²) in [5.74, 6) is -1.17. The molecule has 1 heterocycles. The summed E-state index contributed by atoms with van der Waals surface area (Å²) in [7, 11) is -2.45. The van der Waals surface area contributed by atoms with E-state index in [0.717, 1.165) is 9.87 Å². The molecule has 6 nitrogen and oxygen atoms in total. The second-order valence-corrected chi connectivity index (χ2v) is 7.67. The van der Waals surface area contributed by atoms with Crippen LogP contribution in [0.3, 0.4) is 0 Å². The van der Waals surface area contributed by atoms with Gasteiger partial charge in [-0.3, -0.25) is 4.79 Å². The number of ether oxygens (including phenoxy) is 1. The average Bonchev–Trinajstić information content (AvgIpc) is 2.83. The zero-order chi connectivity index (χ0) is 15.8. The standard InChI is InChI=1S/C13H16BrNO5S/c1-8-3-4-12(10(14)5-8)21(18,19)15-7-9(20-2)6-11(15)13(16)17/h3-5,9,11H,6-7H2,1-2H3,(H,16,17). The molecule has 0 aliphatic carbocycles. The minimum Gasteiger partial charge on any atom is -0.480 e. The number of carboxylic acids is 1. The number of carbonyl (C=O) groups is 1. The van der Waals surface area contributed by atoms with E-state index in [4.69, 9.17) is 4.74 Å². The SMILES string of the molecule is COC1CC(C(=O)O)N(S(=O)(=O)c2ccc(C)cc2Br)C1. The summed E-state index contributed by atoms with van der Waals surface area (Å²) in [5.41, 5.74) is 0.909. The molecule has 21 heavy (non-hydrogen) atoms. The van der Waals surface area contributed by atoms with E-state index in [-0.39, 0.29) is 17.9 Å². The molecule has 1 aromatic rings. The van der Waals surface area contributed by atoms with E-state index in [1.807, 2.05) is 6.92 Å². The van der Waals surface area contributed by atoms with Crippen molar-refractivity contribution in [2.24, 2.45) is 0 Å². The summed E-state index contributed by atoms with van der Waals surface area (Å²) in [4.78, 5) is 11.4. The number of rotatable bonds is 4. The van der Waals surface area contributed by atoms with E-state index in [0.29, 0.717) is 4.47 Å². The highest BCUT2D eigenvalue weighted by Crippen LogP contribution is 2.31. The first-order chi connectivity index (χ1) is 9.77. The number of nitrogens with zero attached hydrogens (tertiary/aromatic N) is 1. The molecule has 2 unspecified atom stereocenters. The molecular weight excluding hydrogens is 362 g/mol. The van der Waals surface area contributed by atoms with Crippen molar-refractivity contribution >= 4 is 31.9 Å². The molecule has 1 aromatic carbocycles. The van der Waals surface area contributed by atoms with Gasteiger partial charge in [0.05, 0.1) is 11.0 Å². The second kappa shape index (κ2) is 6.04. The van der Waals surface area contributed by atoms with Gasteiger partial charge in [-0.2, -0.15) is 4.31 Å². The predicted octanol–water partition coefficient (Wildman–Crippen LogP) is 1.62. The van der Waals surface area contributed by atoms with Crippen LogP contribution in [0.15, 0.2) is 27.6 Å². The van der Waals surface area contributed by atoms with Crippen LogP contribution in [0.2, 0.25) is 0 Å². The fraction of sp³-hybridized carbons (Fsp3) is 0.462. The number of hydrogen-bond donors (Lipinski definition) is 1. The maximum Gasteiger partial charge on any atom is 0.322 e. The molecule has 116 valence electrons. The lowest BCUT2D eigenvalue weighted by Gasteiger charge is -2.21. The number of halogens is 1. The molecule has 0 saturated carbocycles. The van der Waals surface area contributed by atoms with Crippen LogP contribution in [0.4, 0.5) is 0 Å². The highest BCUT2D eigenvalue weighted by molar-refractivity contribution is 9.10. The Morgan fingerprint density at radius 2 is 2.14 bits per heavy atom. The van der Waals surface area contributed by atoms with E-state index in [1.54, 1.807) is 12.1 Å². The van der Waals surface area contributed by atoms with E-state index in [9.17, 15) is 18.3 Å². The van der Waals surface area contributed by atoms with Crippen LogP contribution in [0.5, 0.6) is 0 Å². The van der Waals surface area contributed by atoms with Crippen molar-refractivity contribution in [3.05, 3.63) is 28.2 Å². The molecule has 1 fully saturated rings. The van der Waals surface area contributed by atoms with Crippen molar-refractivity contribution in [3.63, 3.8) is 0 Å². The van der Waals surface area contributed by atoms with Gasteiger partial charge >= 0.3 is 5.97 Å². The van der Waals surface area contributed by atoms with Crippen molar-refractivity contribution in [1.29, 1.82) is 0 Å². The van der Waals surface area contributed by atoms with Gasteiger partial charge in [-0.1, -0.05) is 6.07 Å². The minimum absolute atomic E-state index is 0.0378. The summed E-state index contributed by atoms with van der Waals surface area (Å²) in [6.45, 7) is 1.88. The van der Waals surface area contributed by atoms with E-state index in [1.165, 1.54) is 13.2 Å². The molecule has 1 aliphatic rings. The summed E-state index contributed by atoms with van der Waals surface area (Å²) in [6.07, 6.45) is -0.265. The van der Waals surface area contributed by atoms with Crippen molar-refractivity contribution < 1.29 is 23.1 Å². The molecular formula is C13H16BrNO5S. The number of aliphatic carboxylic acids is 1. The number of carboxylic acid groups (broad SMARTS) is 1. The molecule has 2 atom stereocenters. The maximum absolute atomic E-state index is 12.7. The zero-order valence-corrected chi connectivity index (χ0v) is 14.0. The van der Waals surface area contributed by atoms with Gasteiger partial charge in [0.15, 0.2) is 0 Å². The lowest BCUT2D eigenvalue weighted by Crippen LogP contribution is -2.40. The van der Waals surface area contributed by atoms with Gasteiger partial charge in [-0.15, -0.1) is 0 Å². The Kier molecular flexibility index (Phi) is 4.72. The molecule has 8 heteroatoms. The Labute approximate surface area is 131 Å². The van der Waals surface area contributed by atoms with Gasteiger partial charge in [-0.25, -0.2) is 8.42 Å². The molecule has 0 bridgehead atoms. The monoisotopic (exact) mass is 377 g/mol. The fourth-order valence-electron chi connectivity index (χ4n) is 2.37. The van der Waals surface area contributed by atoms with E-state index >= 15 is 0 Å². The van der Waals surface area contributed by atoms with Crippen LogP contribution in [0.1, 0.15) is 12.0 Å². The lowest BCUT2D eigenvalue weighted by atomic mass is 10.2. The van der Waals surface area contributed by atoms with Gasteiger partial charge < -0.3 is 9.84 Å².